The second-order valence-electron chi connectivity index (χ2n) is 3.42. The largest absolute Gasteiger partial charge is 0.355 e. The molecule has 0 bridgehead atoms. The average molecular weight is 246 g/mol. The van der Waals surface area contributed by atoms with E-state index in [4.69, 9.17) is 0 Å². The molecular formula is C14H18N2O2. The minimum Gasteiger partial charge on any atom is -0.355 e. The summed E-state index contributed by atoms with van der Waals surface area (Å²) in [5, 5.41) is 5.06. The van der Waals surface area contributed by atoms with Crippen LogP contribution in [0.2, 0.25) is 0 Å². The van der Waals surface area contributed by atoms with E-state index in [1.54, 1.807) is 14.0 Å². The number of carbonyl (C=O) groups excluding carboxylic acids is 2. The van der Waals surface area contributed by atoms with Crippen molar-refractivity contribution in [2.24, 2.45) is 0 Å². The summed E-state index contributed by atoms with van der Waals surface area (Å²) in [6.45, 7) is 8.42. The number of nitrogens with one attached hydrogen (secondary N) is 2. The van der Waals surface area contributed by atoms with Gasteiger partial charge in [-0.2, -0.15) is 0 Å². The van der Waals surface area contributed by atoms with Gasteiger partial charge in [0, 0.05) is 18.3 Å². The van der Waals surface area contributed by atoms with E-state index in [-0.39, 0.29) is 11.8 Å². The SMILES string of the molecule is C=C(C)C(=O)NC.C=CC(=O)Nc1ccccc1. The number of para-hydroxylation sites is 1. The zero-order valence-corrected chi connectivity index (χ0v) is 10.7. The van der Waals surface area contributed by atoms with Crippen LogP contribution in [-0.4, -0.2) is 18.9 Å². The number of benzene rings is 1. The molecule has 2 amide bonds. The van der Waals surface area contributed by atoms with Crippen LogP contribution in [0.25, 0.3) is 0 Å². The van der Waals surface area contributed by atoms with Gasteiger partial charge in [0.1, 0.15) is 0 Å². The molecule has 1 rings (SSSR count). The Morgan fingerprint density at radius 2 is 1.78 bits per heavy atom. The molecule has 0 saturated heterocycles. The molecule has 0 fully saturated rings. The zero-order chi connectivity index (χ0) is 14.0. The first kappa shape index (κ1) is 15.6. The van der Waals surface area contributed by atoms with Crippen molar-refractivity contribution in [2.75, 3.05) is 12.4 Å². The third-order valence-electron chi connectivity index (χ3n) is 1.84. The molecule has 4 heteroatoms. The molecule has 0 aliphatic carbocycles. The van der Waals surface area contributed by atoms with Gasteiger partial charge < -0.3 is 10.6 Å². The normalized spacial score (nSPS) is 8.33. The van der Waals surface area contributed by atoms with Crippen molar-refractivity contribution in [3.63, 3.8) is 0 Å². The van der Waals surface area contributed by atoms with Crippen LogP contribution in [0.4, 0.5) is 5.69 Å². The molecule has 0 atom stereocenters. The van der Waals surface area contributed by atoms with Gasteiger partial charge in [0.05, 0.1) is 0 Å². The highest BCUT2D eigenvalue weighted by Gasteiger charge is 1.93. The molecule has 4 nitrogen and oxygen atoms in total. The number of hydrogen-bond acceptors (Lipinski definition) is 2. The summed E-state index contributed by atoms with van der Waals surface area (Å²) in [4.78, 5) is 21.1. The molecular weight excluding hydrogens is 228 g/mol. The predicted octanol–water partition coefficient (Wildman–Crippen LogP) is 2.12. The average Bonchev–Trinajstić information content (AvgIpc) is 2.39. The van der Waals surface area contributed by atoms with E-state index >= 15 is 0 Å². The molecule has 2 N–H and O–H groups in total. The highest BCUT2D eigenvalue weighted by Crippen LogP contribution is 2.03. The van der Waals surface area contributed by atoms with Crippen LogP contribution in [-0.2, 0) is 9.59 Å². The Bertz CT molecular complexity index is 425. The van der Waals surface area contributed by atoms with Crippen molar-refractivity contribution in [1.29, 1.82) is 0 Å². The lowest BCUT2D eigenvalue weighted by Gasteiger charge is -1.98. The molecule has 0 spiro atoms. The van der Waals surface area contributed by atoms with Crippen LogP contribution in [0, 0.1) is 0 Å². The fourth-order valence-electron chi connectivity index (χ4n) is 0.928. The maximum atomic E-state index is 10.8. The molecule has 0 unspecified atom stereocenters. The summed E-state index contributed by atoms with van der Waals surface area (Å²) in [7, 11) is 1.58. The topological polar surface area (TPSA) is 58.2 Å². The summed E-state index contributed by atoms with van der Waals surface area (Å²) in [5.41, 5.74) is 1.33. The highest BCUT2D eigenvalue weighted by molar-refractivity contribution is 5.98. The van der Waals surface area contributed by atoms with Crippen LogP contribution >= 0.6 is 0 Å². The van der Waals surface area contributed by atoms with Gasteiger partial charge in [0.2, 0.25) is 11.8 Å². The first-order chi connectivity index (χ1) is 8.51. The minimum absolute atomic E-state index is 0.0972. The first-order valence-corrected chi connectivity index (χ1v) is 5.37. The number of amides is 2. The second kappa shape index (κ2) is 8.75. The van der Waals surface area contributed by atoms with Crippen LogP contribution in [0.5, 0.6) is 0 Å². The summed E-state index contributed by atoms with van der Waals surface area (Å²) >= 11 is 0. The Hall–Kier alpha value is -2.36. The Morgan fingerprint density at radius 1 is 1.22 bits per heavy atom. The fourth-order valence-corrected chi connectivity index (χ4v) is 0.928. The second-order valence-corrected chi connectivity index (χ2v) is 3.42. The van der Waals surface area contributed by atoms with Gasteiger partial charge in [-0.15, -0.1) is 0 Å². The van der Waals surface area contributed by atoms with E-state index in [9.17, 15) is 9.59 Å². The fraction of sp³-hybridized carbons (Fsp3) is 0.143. The molecule has 0 aromatic heterocycles. The van der Waals surface area contributed by atoms with Crippen molar-refractivity contribution in [1.82, 2.24) is 5.32 Å². The van der Waals surface area contributed by atoms with Crippen LogP contribution in [0.3, 0.4) is 0 Å². The van der Waals surface area contributed by atoms with Crippen LogP contribution in [0.15, 0.2) is 55.1 Å². The van der Waals surface area contributed by atoms with Gasteiger partial charge in [-0.1, -0.05) is 31.4 Å². The Morgan fingerprint density at radius 3 is 2.11 bits per heavy atom. The van der Waals surface area contributed by atoms with Crippen molar-refractivity contribution in [2.45, 2.75) is 6.92 Å². The molecule has 0 aliphatic rings. The van der Waals surface area contributed by atoms with Crippen LogP contribution < -0.4 is 10.6 Å². The number of carbonyl (C=O) groups is 2. The zero-order valence-electron chi connectivity index (χ0n) is 10.7. The molecule has 0 heterocycles. The number of hydrogen-bond donors (Lipinski definition) is 2. The van der Waals surface area contributed by atoms with E-state index in [1.807, 2.05) is 30.3 Å². The lowest BCUT2D eigenvalue weighted by atomic mass is 10.3. The first-order valence-electron chi connectivity index (χ1n) is 5.37. The van der Waals surface area contributed by atoms with Crippen molar-refractivity contribution in [3.05, 3.63) is 55.1 Å². The highest BCUT2D eigenvalue weighted by atomic mass is 16.2. The predicted molar refractivity (Wildman–Crippen MR) is 74.1 cm³/mol. The van der Waals surface area contributed by atoms with E-state index in [2.05, 4.69) is 23.8 Å². The van der Waals surface area contributed by atoms with Crippen molar-refractivity contribution < 1.29 is 9.59 Å². The molecule has 0 saturated carbocycles. The van der Waals surface area contributed by atoms with Gasteiger partial charge in [0.25, 0.3) is 0 Å². The monoisotopic (exact) mass is 246 g/mol. The van der Waals surface area contributed by atoms with Gasteiger partial charge in [-0.3, -0.25) is 9.59 Å². The Kier molecular flexibility index (Phi) is 7.61. The summed E-state index contributed by atoms with van der Waals surface area (Å²) in [6, 6.07) is 9.25. The Labute approximate surface area is 107 Å². The lowest BCUT2D eigenvalue weighted by Crippen LogP contribution is -2.17. The molecule has 96 valence electrons. The molecule has 0 radical (unpaired) electrons. The van der Waals surface area contributed by atoms with E-state index in [1.165, 1.54) is 6.08 Å². The summed E-state index contributed by atoms with van der Waals surface area (Å²) < 4.78 is 0. The lowest BCUT2D eigenvalue weighted by molar-refractivity contribution is -0.117. The van der Waals surface area contributed by atoms with Crippen LogP contribution in [0.1, 0.15) is 6.92 Å². The summed E-state index contributed by atoms with van der Waals surface area (Å²) in [6.07, 6.45) is 1.24. The van der Waals surface area contributed by atoms with Gasteiger partial charge in [0.15, 0.2) is 0 Å². The number of anilines is 1. The van der Waals surface area contributed by atoms with E-state index < -0.39 is 0 Å². The van der Waals surface area contributed by atoms with Crippen molar-refractivity contribution >= 4 is 17.5 Å². The summed E-state index contributed by atoms with van der Waals surface area (Å²) in [5.74, 6) is -0.281. The number of likely N-dealkylation sites (N-methyl/N-ethyl adjacent to an activating group) is 1. The van der Waals surface area contributed by atoms with Gasteiger partial charge >= 0.3 is 0 Å². The third kappa shape index (κ3) is 7.00. The van der Waals surface area contributed by atoms with E-state index in [0.717, 1.165) is 5.69 Å². The van der Waals surface area contributed by atoms with E-state index in [0.29, 0.717) is 5.57 Å². The quantitative estimate of drug-likeness (QED) is 0.803. The molecule has 0 aliphatic heterocycles. The molecule has 18 heavy (non-hydrogen) atoms. The maximum Gasteiger partial charge on any atom is 0.247 e. The third-order valence-corrected chi connectivity index (χ3v) is 1.84. The molecule has 1 aromatic carbocycles. The molecule has 1 aromatic rings. The minimum atomic E-state index is -0.184. The van der Waals surface area contributed by atoms with Gasteiger partial charge in [-0.25, -0.2) is 0 Å². The maximum absolute atomic E-state index is 10.8. The van der Waals surface area contributed by atoms with Crippen molar-refractivity contribution in [3.8, 4) is 0 Å². The van der Waals surface area contributed by atoms with Gasteiger partial charge in [-0.05, 0) is 25.1 Å². The standard InChI is InChI=1S/C9H9NO.C5H9NO/c1-2-9(11)10-8-6-4-3-5-7-8;1-4(2)5(7)6-3/h2-7H,1H2,(H,10,11);1H2,2-3H3,(H,6,7). The smallest absolute Gasteiger partial charge is 0.247 e. The number of rotatable bonds is 3. The Balaban J connectivity index is 0.000000360.